The van der Waals surface area contributed by atoms with Crippen molar-refractivity contribution in [2.24, 2.45) is 0 Å². The number of carboxylic acid groups (broad SMARTS) is 1. The summed E-state index contributed by atoms with van der Waals surface area (Å²) in [7, 11) is -2.04. The summed E-state index contributed by atoms with van der Waals surface area (Å²) in [4.78, 5) is 20.4. The Balaban J connectivity index is 2.12. The van der Waals surface area contributed by atoms with Crippen molar-refractivity contribution in [1.82, 2.24) is 19.9 Å². The molecule has 0 unspecified atom stereocenters. The van der Waals surface area contributed by atoms with E-state index in [1.807, 2.05) is 28.8 Å². The number of imidazole rings is 1. The Bertz CT molecular complexity index is 1060. The van der Waals surface area contributed by atoms with Gasteiger partial charge >= 0.3 is 6.09 Å². The molecule has 1 atom stereocenters. The molecule has 3 rings (SSSR count). The summed E-state index contributed by atoms with van der Waals surface area (Å²) in [5, 5.41) is 12.7. The van der Waals surface area contributed by atoms with E-state index < -0.39 is 14.4 Å². The second-order valence-electron chi connectivity index (χ2n) is 8.95. The third kappa shape index (κ3) is 4.45. The number of para-hydroxylation sites is 1. The number of nitrogens with zero attached hydrogens (tertiary/aromatic N) is 3. The van der Waals surface area contributed by atoms with Crippen molar-refractivity contribution in [3.63, 3.8) is 0 Å². The fraction of sp³-hybridized carbons (Fsp3) is 0.476. The van der Waals surface area contributed by atoms with E-state index in [1.54, 1.807) is 6.20 Å². The molecule has 3 aromatic rings. The van der Waals surface area contributed by atoms with Gasteiger partial charge in [-0.2, -0.15) is 0 Å². The van der Waals surface area contributed by atoms with Gasteiger partial charge in [-0.3, -0.25) is 4.98 Å². The molecule has 0 aliphatic heterocycles. The number of hydrogen-bond donors (Lipinski definition) is 2. The lowest BCUT2D eigenvalue weighted by atomic mass is 10.2. The standard InChI is InChI=1S/C21H29ClN4O3Si/c1-21(2,3)30(4,5)29-13-14(11-24-20(27)28)26-18(10-22)25-17-12-23-16-9-7-6-8-15(16)19(17)26/h6-9,12,14,24H,10-11,13H2,1-5H3,(H,27,28)/t14-/m0/s1. The fourth-order valence-corrected chi connectivity index (χ4v) is 4.44. The van der Waals surface area contributed by atoms with Gasteiger partial charge in [0.25, 0.3) is 0 Å². The number of benzene rings is 1. The van der Waals surface area contributed by atoms with Gasteiger partial charge in [-0.1, -0.05) is 39.0 Å². The molecule has 7 nitrogen and oxygen atoms in total. The molecule has 0 aliphatic rings. The molecule has 1 amide bonds. The van der Waals surface area contributed by atoms with Gasteiger partial charge in [0.05, 0.1) is 35.8 Å². The van der Waals surface area contributed by atoms with E-state index in [-0.39, 0.29) is 23.5 Å². The normalized spacial score (nSPS) is 13.7. The molecule has 0 saturated carbocycles. The van der Waals surface area contributed by atoms with Crippen LogP contribution in [0.5, 0.6) is 0 Å². The van der Waals surface area contributed by atoms with Gasteiger partial charge in [0, 0.05) is 11.9 Å². The molecule has 0 bridgehead atoms. The Morgan fingerprint density at radius 1 is 1.30 bits per heavy atom. The van der Waals surface area contributed by atoms with Crippen LogP contribution >= 0.6 is 11.6 Å². The average Bonchev–Trinajstić information content (AvgIpc) is 3.06. The number of hydrogen-bond acceptors (Lipinski definition) is 4. The summed E-state index contributed by atoms with van der Waals surface area (Å²) in [6.45, 7) is 11.5. The van der Waals surface area contributed by atoms with Crippen molar-refractivity contribution in [1.29, 1.82) is 0 Å². The van der Waals surface area contributed by atoms with E-state index in [0.29, 0.717) is 12.4 Å². The molecular formula is C21H29ClN4O3Si. The molecule has 9 heteroatoms. The first-order valence-corrected chi connectivity index (χ1v) is 13.4. The van der Waals surface area contributed by atoms with Crippen LogP contribution in [0.25, 0.3) is 21.9 Å². The molecule has 0 spiro atoms. The van der Waals surface area contributed by atoms with E-state index in [4.69, 9.17) is 16.0 Å². The van der Waals surface area contributed by atoms with E-state index in [1.165, 1.54) is 0 Å². The van der Waals surface area contributed by atoms with E-state index in [9.17, 15) is 9.90 Å². The smallest absolute Gasteiger partial charge is 0.404 e. The Morgan fingerprint density at radius 3 is 2.63 bits per heavy atom. The number of nitrogens with one attached hydrogen (secondary N) is 1. The lowest BCUT2D eigenvalue weighted by Crippen LogP contribution is -2.43. The van der Waals surface area contributed by atoms with Gasteiger partial charge < -0.3 is 19.4 Å². The second-order valence-corrected chi connectivity index (χ2v) is 14.0. The van der Waals surface area contributed by atoms with Crippen LogP contribution in [0, 0.1) is 0 Å². The maximum absolute atomic E-state index is 11.3. The van der Waals surface area contributed by atoms with Crippen molar-refractivity contribution in [2.75, 3.05) is 13.2 Å². The summed E-state index contributed by atoms with van der Waals surface area (Å²) in [5.41, 5.74) is 2.48. The number of carbonyl (C=O) groups is 1. The lowest BCUT2D eigenvalue weighted by Gasteiger charge is -2.37. The number of amides is 1. The van der Waals surface area contributed by atoms with E-state index in [0.717, 1.165) is 21.9 Å². The van der Waals surface area contributed by atoms with E-state index in [2.05, 4.69) is 49.1 Å². The van der Waals surface area contributed by atoms with Crippen molar-refractivity contribution in [2.45, 2.75) is 50.8 Å². The molecule has 2 aromatic heterocycles. The predicted octanol–water partition coefficient (Wildman–Crippen LogP) is 5.15. The Morgan fingerprint density at radius 2 is 2.00 bits per heavy atom. The monoisotopic (exact) mass is 448 g/mol. The minimum atomic E-state index is -2.04. The first-order chi connectivity index (χ1) is 14.0. The van der Waals surface area contributed by atoms with Gasteiger partial charge in [-0.25, -0.2) is 9.78 Å². The van der Waals surface area contributed by atoms with Gasteiger partial charge in [0.1, 0.15) is 11.3 Å². The molecular weight excluding hydrogens is 420 g/mol. The maximum Gasteiger partial charge on any atom is 0.404 e. The SMILES string of the molecule is CC(C)(C)[Si](C)(C)OC[C@H](CNC(=O)O)n1c(CCl)nc2cnc3ccccc3c21. The molecule has 30 heavy (non-hydrogen) atoms. The summed E-state index contributed by atoms with van der Waals surface area (Å²) < 4.78 is 8.49. The fourth-order valence-electron chi connectivity index (χ4n) is 3.21. The molecule has 0 aliphatic carbocycles. The third-order valence-corrected chi connectivity index (χ3v) is 10.7. The Hall–Kier alpha value is -2.16. The zero-order chi connectivity index (χ0) is 22.1. The zero-order valence-corrected chi connectivity index (χ0v) is 19.8. The number of alkyl halides is 1. The number of fused-ring (bicyclic) bond motifs is 3. The van der Waals surface area contributed by atoms with Crippen LogP contribution < -0.4 is 5.32 Å². The highest BCUT2D eigenvalue weighted by Crippen LogP contribution is 2.37. The highest BCUT2D eigenvalue weighted by atomic mass is 35.5. The zero-order valence-electron chi connectivity index (χ0n) is 18.1. The van der Waals surface area contributed by atoms with Crippen LogP contribution in [-0.2, 0) is 10.3 Å². The van der Waals surface area contributed by atoms with Crippen LogP contribution in [0.3, 0.4) is 0 Å². The number of rotatable bonds is 7. The van der Waals surface area contributed by atoms with Crippen LogP contribution in [0.15, 0.2) is 30.5 Å². The Kier molecular flexibility index (Phi) is 6.40. The second kappa shape index (κ2) is 8.53. The van der Waals surface area contributed by atoms with Crippen molar-refractivity contribution >= 4 is 47.9 Å². The summed E-state index contributed by atoms with van der Waals surface area (Å²) in [6.07, 6.45) is 0.663. The van der Waals surface area contributed by atoms with Gasteiger partial charge in [0.15, 0.2) is 8.32 Å². The first-order valence-electron chi connectivity index (χ1n) is 9.96. The summed E-state index contributed by atoms with van der Waals surface area (Å²) in [6, 6.07) is 7.55. The lowest BCUT2D eigenvalue weighted by molar-refractivity contribution is 0.185. The molecule has 162 valence electrons. The van der Waals surface area contributed by atoms with Crippen LogP contribution in [0.1, 0.15) is 32.6 Å². The average molecular weight is 449 g/mol. The molecule has 2 heterocycles. The molecule has 2 N–H and O–H groups in total. The van der Waals surface area contributed by atoms with E-state index >= 15 is 0 Å². The minimum Gasteiger partial charge on any atom is -0.465 e. The molecule has 1 aromatic carbocycles. The molecule has 0 saturated heterocycles. The number of aromatic nitrogens is 3. The highest BCUT2D eigenvalue weighted by molar-refractivity contribution is 6.74. The van der Waals surface area contributed by atoms with Crippen LogP contribution in [0.4, 0.5) is 4.79 Å². The summed E-state index contributed by atoms with van der Waals surface area (Å²) in [5.74, 6) is 0.869. The molecule has 0 fully saturated rings. The minimum absolute atomic E-state index is 0.0424. The largest absolute Gasteiger partial charge is 0.465 e. The van der Waals surface area contributed by atoms with Crippen LogP contribution in [0.2, 0.25) is 18.1 Å². The maximum atomic E-state index is 11.3. The number of halogens is 1. The summed E-state index contributed by atoms with van der Waals surface area (Å²) >= 11 is 6.25. The van der Waals surface area contributed by atoms with Crippen molar-refractivity contribution < 1.29 is 14.3 Å². The molecule has 0 radical (unpaired) electrons. The van der Waals surface area contributed by atoms with Crippen LogP contribution in [-0.4, -0.2) is 47.2 Å². The topological polar surface area (TPSA) is 89.3 Å². The van der Waals surface area contributed by atoms with Crippen molar-refractivity contribution in [3.8, 4) is 0 Å². The van der Waals surface area contributed by atoms with Crippen molar-refractivity contribution in [3.05, 3.63) is 36.3 Å². The quantitative estimate of drug-likeness (QED) is 0.385. The van der Waals surface area contributed by atoms with Gasteiger partial charge in [0.2, 0.25) is 0 Å². The first kappa shape index (κ1) is 22.5. The number of pyridine rings is 1. The highest BCUT2D eigenvalue weighted by Gasteiger charge is 2.38. The van der Waals surface area contributed by atoms with Gasteiger partial charge in [-0.15, -0.1) is 11.6 Å². The Labute approximate surface area is 182 Å². The van der Waals surface area contributed by atoms with Gasteiger partial charge in [-0.05, 0) is 24.2 Å². The predicted molar refractivity (Wildman–Crippen MR) is 123 cm³/mol. The third-order valence-electron chi connectivity index (χ3n) is 5.91.